The number of benzene rings is 3. The molecule has 0 aromatic heterocycles. The van der Waals surface area contributed by atoms with E-state index in [1.807, 2.05) is 36.4 Å². The Morgan fingerprint density at radius 3 is 2.13 bits per heavy atom. The number of aryl methyl sites for hydroxylation is 2. The van der Waals surface area contributed by atoms with Crippen molar-refractivity contribution in [2.45, 2.75) is 52.9 Å². The van der Waals surface area contributed by atoms with E-state index in [0.717, 1.165) is 23.4 Å². The van der Waals surface area contributed by atoms with Gasteiger partial charge in [0.1, 0.15) is 5.75 Å². The second-order valence-corrected chi connectivity index (χ2v) is 8.25. The Kier molecular flexibility index (Phi) is 8.56. The molecule has 4 rings (SSSR count). The van der Waals surface area contributed by atoms with Crippen LogP contribution in [0.15, 0.2) is 71.7 Å². The number of hydrogen-bond acceptors (Lipinski definition) is 2. The van der Waals surface area contributed by atoms with Crippen LogP contribution in [0.25, 0.3) is 0 Å². The molecule has 30 heavy (non-hydrogen) atoms. The molecule has 0 bridgehead atoms. The maximum absolute atomic E-state index is 10.1. The van der Waals surface area contributed by atoms with Crippen LogP contribution in [0.5, 0.6) is 5.75 Å². The van der Waals surface area contributed by atoms with Crippen molar-refractivity contribution < 1.29 is 24.6 Å². The van der Waals surface area contributed by atoms with Crippen molar-refractivity contribution >= 4 is 11.4 Å². The van der Waals surface area contributed by atoms with Crippen molar-refractivity contribution in [2.75, 3.05) is 0 Å². The molecule has 1 aliphatic carbocycles. The van der Waals surface area contributed by atoms with Gasteiger partial charge in [-0.2, -0.15) is 0 Å². The fraction of sp³-hybridized carbons (Fsp3) is 0.296. The van der Waals surface area contributed by atoms with Gasteiger partial charge in [-0.1, -0.05) is 74.9 Å². The molecular weight excluding hydrogens is 455 g/mol. The number of para-hydroxylation sites is 1. The molecule has 0 saturated carbocycles. The van der Waals surface area contributed by atoms with Gasteiger partial charge in [0.25, 0.3) is 0 Å². The molecule has 0 fully saturated rings. The van der Waals surface area contributed by atoms with Crippen LogP contribution in [0.2, 0.25) is 0 Å². The van der Waals surface area contributed by atoms with Gasteiger partial charge in [0.15, 0.2) is 0 Å². The number of aromatic hydroxyl groups is 1. The standard InChI is InChI=1S/C17H17NO.C10H14.Ru/c1-11-8-9-15(19)17-14(10-12(2)16(11)17)18-13-6-4-3-5-7-13;1-8(2)10-6-4-9(3)5-7-10;/h3-9,12,19H,10H2,1-2H3;4-8H,1-3H3;. The Balaban J connectivity index is 0.000000249. The molecule has 0 spiro atoms. The first-order chi connectivity index (χ1) is 13.9. The van der Waals surface area contributed by atoms with E-state index in [2.05, 4.69) is 58.9 Å². The van der Waals surface area contributed by atoms with Gasteiger partial charge >= 0.3 is 0 Å². The molecule has 1 aliphatic rings. The molecule has 3 heteroatoms. The van der Waals surface area contributed by atoms with E-state index in [1.54, 1.807) is 6.07 Å². The fourth-order valence-corrected chi connectivity index (χ4v) is 3.86. The fourth-order valence-electron chi connectivity index (χ4n) is 3.86. The van der Waals surface area contributed by atoms with Gasteiger partial charge in [-0.25, -0.2) is 0 Å². The van der Waals surface area contributed by atoms with Crippen molar-refractivity contribution in [1.29, 1.82) is 0 Å². The Morgan fingerprint density at radius 1 is 0.900 bits per heavy atom. The van der Waals surface area contributed by atoms with Crippen LogP contribution < -0.4 is 0 Å². The predicted molar refractivity (Wildman–Crippen MR) is 124 cm³/mol. The zero-order chi connectivity index (χ0) is 21.0. The van der Waals surface area contributed by atoms with E-state index in [0.29, 0.717) is 17.6 Å². The Bertz CT molecular complexity index is 991. The molecule has 3 aromatic rings. The Labute approximate surface area is 193 Å². The summed E-state index contributed by atoms with van der Waals surface area (Å²) in [7, 11) is 0. The second kappa shape index (κ2) is 10.7. The number of phenols is 1. The van der Waals surface area contributed by atoms with Crippen LogP contribution >= 0.6 is 0 Å². The SMILES string of the molecule is Cc1ccc(C(C)C)cc1.Cc1ccc(O)c2c1C(C)CC2=Nc1ccccc1.[Ru]. The molecular formula is C27H31NORu. The van der Waals surface area contributed by atoms with Crippen LogP contribution in [-0.2, 0) is 19.5 Å². The quantitative estimate of drug-likeness (QED) is 0.375. The van der Waals surface area contributed by atoms with Crippen LogP contribution in [0.4, 0.5) is 5.69 Å². The number of aliphatic imine (C=N–C) groups is 1. The van der Waals surface area contributed by atoms with E-state index in [9.17, 15) is 5.11 Å². The van der Waals surface area contributed by atoms with E-state index >= 15 is 0 Å². The predicted octanol–water partition coefficient (Wildman–Crippen LogP) is 7.44. The maximum Gasteiger partial charge on any atom is 0.124 e. The third-order valence-electron chi connectivity index (χ3n) is 5.49. The summed E-state index contributed by atoms with van der Waals surface area (Å²) >= 11 is 0. The number of hydrogen-bond donors (Lipinski definition) is 1. The average molecular weight is 487 g/mol. The number of rotatable bonds is 2. The molecule has 1 N–H and O–H groups in total. The van der Waals surface area contributed by atoms with E-state index in [4.69, 9.17) is 4.99 Å². The summed E-state index contributed by atoms with van der Waals surface area (Å²) in [5, 5.41) is 10.1. The first-order valence-corrected chi connectivity index (χ1v) is 10.4. The summed E-state index contributed by atoms with van der Waals surface area (Å²) in [6, 6.07) is 22.4. The molecule has 0 radical (unpaired) electrons. The maximum atomic E-state index is 10.1. The largest absolute Gasteiger partial charge is 0.507 e. The summed E-state index contributed by atoms with van der Waals surface area (Å²) in [6.07, 6.45) is 0.892. The van der Waals surface area contributed by atoms with Crippen molar-refractivity contribution in [3.63, 3.8) is 0 Å². The minimum atomic E-state index is 0. The van der Waals surface area contributed by atoms with Crippen molar-refractivity contribution in [3.8, 4) is 5.75 Å². The van der Waals surface area contributed by atoms with Crippen molar-refractivity contribution in [1.82, 2.24) is 0 Å². The minimum absolute atomic E-state index is 0. The van der Waals surface area contributed by atoms with Gasteiger partial charge in [-0.15, -0.1) is 0 Å². The van der Waals surface area contributed by atoms with E-state index in [1.165, 1.54) is 22.3 Å². The number of nitrogens with zero attached hydrogens (tertiary/aromatic N) is 1. The topological polar surface area (TPSA) is 32.6 Å². The van der Waals surface area contributed by atoms with Crippen molar-refractivity contribution in [3.05, 3.63) is 94.5 Å². The smallest absolute Gasteiger partial charge is 0.124 e. The summed E-state index contributed by atoms with van der Waals surface area (Å²) in [6.45, 7) is 10.8. The van der Waals surface area contributed by atoms with Crippen LogP contribution in [-0.4, -0.2) is 10.8 Å². The summed E-state index contributed by atoms with van der Waals surface area (Å²) in [5.74, 6) is 1.42. The molecule has 0 aliphatic heterocycles. The average Bonchev–Trinajstić information content (AvgIpc) is 3.03. The van der Waals surface area contributed by atoms with Gasteiger partial charge in [0.05, 0.1) is 11.4 Å². The van der Waals surface area contributed by atoms with E-state index in [-0.39, 0.29) is 19.5 Å². The minimum Gasteiger partial charge on any atom is -0.507 e. The van der Waals surface area contributed by atoms with Gasteiger partial charge in [-0.3, -0.25) is 4.99 Å². The van der Waals surface area contributed by atoms with Crippen molar-refractivity contribution in [2.24, 2.45) is 4.99 Å². The molecule has 2 nitrogen and oxygen atoms in total. The Hall–Kier alpha value is -2.25. The van der Waals surface area contributed by atoms with Gasteiger partial charge in [-0.05, 0) is 67.0 Å². The zero-order valence-electron chi connectivity index (χ0n) is 18.5. The summed E-state index contributed by atoms with van der Waals surface area (Å²) in [4.78, 5) is 4.71. The molecule has 158 valence electrons. The van der Waals surface area contributed by atoms with Crippen LogP contribution in [0.3, 0.4) is 0 Å². The monoisotopic (exact) mass is 487 g/mol. The third-order valence-corrected chi connectivity index (χ3v) is 5.49. The third kappa shape index (κ3) is 5.67. The molecule has 0 amide bonds. The zero-order valence-corrected chi connectivity index (χ0v) is 20.2. The number of fused-ring (bicyclic) bond motifs is 1. The normalized spacial score (nSPS) is 15.9. The molecule has 3 aromatic carbocycles. The number of phenolic OH excluding ortho intramolecular Hbond substituents is 1. The first-order valence-electron chi connectivity index (χ1n) is 10.4. The summed E-state index contributed by atoms with van der Waals surface area (Å²) < 4.78 is 0. The van der Waals surface area contributed by atoms with Crippen LogP contribution in [0.1, 0.15) is 66.8 Å². The Morgan fingerprint density at radius 2 is 1.53 bits per heavy atom. The molecule has 1 atom stereocenters. The second-order valence-electron chi connectivity index (χ2n) is 8.25. The first kappa shape index (κ1) is 24.0. The molecule has 1 unspecified atom stereocenters. The van der Waals surface area contributed by atoms with Crippen LogP contribution in [0, 0.1) is 13.8 Å². The molecule has 0 heterocycles. The summed E-state index contributed by atoms with van der Waals surface area (Å²) in [5.41, 5.74) is 8.12. The van der Waals surface area contributed by atoms with E-state index < -0.39 is 0 Å². The molecule has 0 saturated heterocycles. The van der Waals surface area contributed by atoms with Gasteiger partial charge < -0.3 is 5.11 Å². The van der Waals surface area contributed by atoms with Gasteiger partial charge in [0, 0.05) is 25.0 Å². The van der Waals surface area contributed by atoms with Gasteiger partial charge in [0.2, 0.25) is 0 Å².